The van der Waals surface area contributed by atoms with Gasteiger partial charge in [-0.1, -0.05) is 66.7 Å². The lowest BCUT2D eigenvalue weighted by Gasteiger charge is -2.24. The number of rotatable bonds is 6. The largest absolute Gasteiger partial charge is 0.481 e. The third-order valence-electron chi connectivity index (χ3n) is 5.04. The molecular weight excluding hydrogens is 310 g/mol. The van der Waals surface area contributed by atoms with Crippen LogP contribution in [-0.2, 0) is 4.79 Å². The number of allylic oxidation sites excluding steroid dienone is 1. The molecule has 0 aliphatic carbocycles. The molecule has 1 saturated heterocycles. The number of carboxylic acids is 1. The number of nitrogens with two attached hydrogens (primary N) is 1. The van der Waals surface area contributed by atoms with E-state index in [4.69, 9.17) is 5.11 Å². The van der Waals surface area contributed by atoms with Crippen molar-refractivity contribution in [1.82, 2.24) is 0 Å². The van der Waals surface area contributed by atoms with E-state index in [9.17, 15) is 4.79 Å². The summed E-state index contributed by atoms with van der Waals surface area (Å²) in [5.41, 5.74) is 3.76. The highest BCUT2D eigenvalue weighted by Gasteiger charge is 2.28. The zero-order chi connectivity index (χ0) is 17.5. The summed E-state index contributed by atoms with van der Waals surface area (Å²) in [6, 6.07) is 21.6. The first-order valence-electron chi connectivity index (χ1n) is 9.11. The van der Waals surface area contributed by atoms with Crippen LogP contribution in [-0.4, -0.2) is 23.7 Å². The molecule has 3 nitrogen and oxygen atoms in total. The summed E-state index contributed by atoms with van der Waals surface area (Å²) in [5, 5.41) is 11.3. The Morgan fingerprint density at radius 2 is 1.60 bits per heavy atom. The molecule has 2 atom stereocenters. The van der Waals surface area contributed by atoms with Crippen molar-refractivity contribution in [1.29, 1.82) is 0 Å². The first-order valence-corrected chi connectivity index (χ1v) is 9.11. The Kier molecular flexibility index (Phi) is 6.02. The number of carboxylic acid groups (broad SMARTS) is 1. The highest BCUT2D eigenvalue weighted by molar-refractivity contribution is 5.79. The van der Waals surface area contributed by atoms with Gasteiger partial charge in [-0.2, -0.15) is 0 Å². The number of aliphatic carboxylic acids is 1. The molecule has 0 bridgehead atoms. The monoisotopic (exact) mass is 336 g/mol. The van der Waals surface area contributed by atoms with Crippen LogP contribution in [0, 0.1) is 5.92 Å². The van der Waals surface area contributed by atoms with Crippen molar-refractivity contribution in [2.24, 2.45) is 5.92 Å². The lowest BCUT2D eigenvalue weighted by Crippen LogP contribution is -2.93. The number of benzene rings is 2. The summed E-state index contributed by atoms with van der Waals surface area (Å²) in [5.74, 6) is -0.818. The van der Waals surface area contributed by atoms with Gasteiger partial charge in [-0.15, -0.1) is 0 Å². The maximum absolute atomic E-state index is 11.0. The first kappa shape index (κ1) is 17.4. The van der Waals surface area contributed by atoms with Crippen molar-refractivity contribution >= 4 is 11.5 Å². The average Bonchev–Trinajstić information content (AvgIpc) is 2.67. The Morgan fingerprint density at radius 3 is 2.08 bits per heavy atom. The molecule has 2 aromatic rings. The van der Waals surface area contributed by atoms with Gasteiger partial charge in [-0.05, 0) is 29.5 Å². The third kappa shape index (κ3) is 4.80. The highest BCUT2D eigenvalue weighted by Crippen LogP contribution is 2.24. The lowest BCUT2D eigenvalue weighted by molar-refractivity contribution is -0.702. The first-order chi connectivity index (χ1) is 12.2. The number of hydrogen-bond donors (Lipinski definition) is 2. The Hall–Kier alpha value is -2.39. The van der Waals surface area contributed by atoms with E-state index in [0.717, 1.165) is 25.7 Å². The van der Waals surface area contributed by atoms with Crippen LogP contribution in [0.2, 0.25) is 0 Å². The molecule has 0 spiro atoms. The molecular formula is C22H26NO2+. The quantitative estimate of drug-likeness (QED) is 0.850. The predicted octanol–water partition coefficient (Wildman–Crippen LogP) is 3.33. The van der Waals surface area contributed by atoms with Gasteiger partial charge in [-0.3, -0.25) is 4.79 Å². The van der Waals surface area contributed by atoms with Crippen molar-refractivity contribution in [2.75, 3.05) is 6.54 Å². The van der Waals surface area contributed by atoms with Gasteiger partial charge in [0.2, 0.25) is 0 Å². The molecule has 1 heterocycles. The topological polar surface area (TPSA) is 53.9 Å². The molecule has 0 aromatic heterocycles. The molecule has 3 N–H and O–H groups in total. The Labute approximate surface area is 149 Å². The van der Waals surface area contributed by atoms with Crippen molar-refractivity contribution < 1.29 is 15.2 Å². The van der Waals surface area contributed by atoms with E-state index in [1.807, 2.05) is 12.1 Å². The zero-order valence-electron chi connectivity index (χ0n) is 14.5. The fourth-order valence-electron chi connectivity index (χ4n) is 3.57. The van der Waals surface area contributed by atoms with Crippen LogP contribution in [0.25, 0.3) is 5.57 Å². The van der Waals surface area contributed by atoms with Gasteiger partial charge < -0.3 is 10.4 Å². The summed E-state index contributed by atoms with van der Waals surface area (Å²) in [4.78, 5) is 11.0. The van der Waals surface area contributed by atoms with Crippen LogP contribution < -0.4 is 5.32 Å². The minimum Gasteiger partial charge on any atom is -0.481 e. The second-order valence-electron chi connectivity index (χ2n) is 6.77. The molecule has 0 radical (unpaired) electrons. The van der Waals surface area contributed by atoms with E-state index in [1.54, 1.807) is 0 Å². The normalized spacial score (nSPS) is 20.0. The van der Waals surface area contributed by atoms with Crippen molar-refractivity contribution in [3.63, 3.8) is 0 Å². The van der Waals surface area contributed by atoms with Gasteiger partial charge in [0.1, 0.15) is 5.92 Å². The molecule has 0 saturated carbocycles. The molecule has 130 valence electrons. The highest BCUT2D eigenvalue weighted by atomic mass is 16.4. The molecule has 25 heavy (non-hydrogen) atoms. The second-order valence-corrected chi connectivity index (χ2v) is 6.77. The fraction of sp³-hybridized carbons (Fsp3) is 0.318. The molecule has 1 aliphatic rings. The maximum atomic E-state index is 11.0. The van der Waals surface area contributed by atoms with Crippen LogP contribution >= 0.6 is 0 Å². The molecule has 3 rings (SSSR count). The number of hydrogen-bond acceptors (Lipinski definition) is 1. The SMILES string of the molecule is O=C(O)[C@H]1CC[C@H](CCC=C(c2ccccc2)c2ccccc2)[NH2+]C1. The molecule has 2 aromatic carbocycles. The Morgan fingerprint density at radius 1 is 1.00 bits per heavy atom. The molecule has 1 fully saturated rings. The van der Waals surface area contributed by atoms with Gasteiger partial charge in [0.05, 0.1) is 12.6 Å². The van der Waals surface area contributed by atoms with Gasteiger partial charge in [-0.25, -0.2) is 0 Å². The van der Waals surface area contributed by atoms with Gasteiger partial charge in [0.25, 0.3) is 0 Å². The van der Waals surface area contributed by atoms with E-state index in [1.165, 1.54) is 16.7 Å². The smallest absolute Gasteiger partial charge is 0.312 e. The van der Waals surface area contributed by atoms with E-state index in [2.05, 4.69) is 59.9 Å². The van der Waals surface area contributed by atoms with E-state index >= 15 is 0 Å². The summed E-state index contributed by atoms with van der Waals surface area (Å²) in [7, 11) is 0. The van der Waals surface area contributed by atoms with Gasteiger partial charge in [0, 0.05) is 12.8 Å². The van der Waals surface area contributed by atoms with Gasteiger partial charge in [0.15, 0.2) is 0 Å². The number of quaternary nitrogens is 1. The summed E-state index contributed by atoms with van der Waals surface area (Å²) >= 11 is 0. The minimum atomic E-state index is -0.648. The summed E-state index contributed by atoms with van der Waals surface area (Å²) in [6.07, 6.45) is 6.25. The average molecular weight is 336 g/mol. The van der Waals surface area contributed by atoms with Crippen LogP contribution in [0.3, 0.4) is 0 Å². The van der Waals surface area contributed by atoms with Crippen LogP contribution in [0.5, 0.6) is 0 Å². The lowest BCUT2D eigenvalue weighted by atomic mass is 9.91. The van der Waals surface area contributed by atoms with Crippen LogP contribution in [0.4, 0.5) is 0 Å². The summed E-state index contributed by atoms with van der Waals surface area (Å²) in [6.45, 7) is 0.716. The van der Waals surface area contributed by atoms with Crippen molar-refractivity contribution in [3.8, 4) is 0 Å². The molecule has 1 aliphatic heterocycles. The standard InChI is InChI=1S/C22H25NO2/c24-22(25)19-14-15-20(23-16-19)12-7-13-21(17-8-3-1-4-9-17)18-10-5-2-6-11-18/h1-6,8-11,13,19-20,23H,7,12,14-16H2,(H,24,25)/p+1/t19-,20-/m0/s1. The van der Waals surface area contributed by atoms with E-state index < -0.39 is 5.97 Å². The Balaban J connectivity index is 1.65. The van der Waals surface area contributed by atoms with Crippen LogP contribution in [0.1, 0.15) is 36.8 Å². The van der Waals surface area contributed by atoms with Gasteiger partial charge >= 0.3 is 5.97 Å². The van der Waals surface area contributed by atoms with E-state index in [-0.39, 0.29) is 5.92 Å². The summed E-state index contributed by atoms with van der Waals surface area (Å²) < 4.78 is 0. The zero-order valence-corrected chi connectivity index (χ0v) is 14.5. The predicted molar refractivity (Wildman–Crippen MR) is 100 cm³/mol. The van der Waals surface area contributed by atoms with Crippen molar-refractivity contribution in [2.45, 2.75) is 31.7 Å². The molecule has 3 heteroatoms. The fourth-order valence-corrected chi connectivity index (χ4v) is 3.57. The Bertz CT molecular complexity index is 660. The third-order valence-corrected chi connectivity index (χ3v) is 5.04. The van der Waals surface area contributed by atoms with E-state index in [0.29, 0.717) is 12.6 Å². The van der Waals surface area contributed by atoms with Crippen LogP contribution in [0.15, 0.2) is 66.7 Å². The minimum absolute atomic E-state index is 0.170. The number of carbonyl (C=O) groups is 1. The number of piperidine rings is 1. The van der Waals surface area contributed by atoms with Crippen molar-refractivity contribution in [3.05, 3.63) is 77.9 Å². The second kappa shape index (κ2) is 8.63. The molecule has 0 amide bonds. The molecule has 0 unspecified atom stereocenters. The maximum Gasteiger partial charge on any atom is 0.312 e.